The Kier molecular flexibility index (Phi) is 7.61. The Morgan fingerprint density at radius 3 is 2.80 bits per heavy atom. The quantitative estimate of drug-likeness (QED) is 0.162. The van der Waals surface area contributed by atoms with Crippen molar-refractivity contribution in [1.29, 1.82) is 0 Å². The topological polar surface area (TPSA) is 98.6 Å². The third-order valence-electron chi connectivity index (χ3n) is 8.28. The van der Waals surface area contributed by atoms with Crippen molar-refractivity contribution in [2.45, 2.75) is 26.1 Å². The zero-order valence-corrected chi connectivity index (χ0v) is 25.9. The number of methoxy groups -OCH3 is 1. The zero-order valence-electron chi connectivity index (χ0n) is 25.1. The van der Waals surface area contributed by atoms with E-state index in [1.165, 1.54) is 24.5 Å². The molecule has 12 heteroatoms. The van der Waals surface area contributed by atoms with Crippen molar-refractivity contribution in [3.63, 3.8) is 0 Å². The smallest absolute Gasteiger partial charge is 0.251 e. The molecule has 2 amide bonds. The summed E-state index contributed by atoms with van der Waals surface area (Å²) in [5.74, 6) is -1.87. The lowest BCUT2D eigenvalue weighted by atomic mass is 9.95. The molecule has 3 aromatic heterocycles. The van der Waals surface area contributed by atoms with E-state index in [1.54, 1.807) is 11.0 Å². The number of carbonyl (C=O) groups excluding carboxylic acids is 2. The van der Waals surface area contributed by atoms with Crippen LogP contribution in [0.15, 0.2) is 60.5 Å². The highest BCUT2D eigenvalue weighted by Crippen LogP contribution is 2.47. The summed E-state index contributed by atoms with van der Waals surface area (Å²) in [5.41, 5.74) is 4.97. The van der Waals surface area contributed by atoms with Crippen molar-refractivity contribution in [3.05, 3.63) is 89.0 Å². The highest BCUT2D eigenvalue weighted by molar-refractivity contribution is 7.18. The molecular formula is C34H29F2N5O4S. The number of benzene rings is 2. The number of nitrogens with zero attached hydrogens (tertiary/aromatic N) is 4. The van der Waals surface area contributed by atoms with E-state index in [9.17, 15) is 14.0 Å². The Bertz CT molecular complexity index is 2060. The molecule has 2 aromatic carbocycles. The van der Waals surface area contributed by atoms with Gasteiger partial charge in [-0.3, -0.25) is 14.3 Å². The third-order valence-corrected chi connectivity index (χ3v) is 9.21. The van der Waals surface area contributed by atoms with Gasteiger partial charge < -0.3 is 19.7 Å². The van der Waals surface area contributed by atoms with Gasteiger partial charge in [-0.25, -0.2) is 13.8 Å². The molecule has 1 atom stereocenters. The highest BCUT2D eigenvalue weighted by Gasteiger charge is 2.31. The fourth-order valence-corrected chi connectivity index (χ4v) is 7.13. The number of rotatable bonds is 8. The Labute approximate surface area is 267 Å². The van der Waals surface area contributed by atoms with E-state index in [2.05, 4.69) is 11.9 Å². The summed E-state index contributed by atoms with van der Waals surface area (Å²) in [6, 6.07) is 11.2. The van der Waals surface area contributed by atoms with Crippen LogP contribution in [0.4, 0.5) is 8.78 Å². The van der Waals surface area contributed by atoms with Crippen molar-refractivity contribution in [2.24, 2.45) is 0 Å². The molecule has 0 unspecified atom stereocenters. The van der Waals surface area contributed by atoms with E-state index in [4.69, 9.17) is 19.6 Å². The van der Waals surface area contributed by atoms with Gasteiger partial charge >= 0.3 is 0 Å². The summed E-state index contributed by atoms with van der Waals surface area (Å²) in [7, 11) is 1.52. The van der Waals surface area contributed by atoms with Crippen molar-refractivity contribution < 1.29 is 27.8 Å². The van der Waals surface area contributed by atoms with Crippen LogP contribution in [0.2, 0.25) is 0 Å². The standard InChI is InChI=1S/C34H29F2N5O4S/c1-4-28(42)40-16-18(2)41-22(17-40)14-26(39-41)32-30(29-25(36)12-21(35)13-27(29)45-9-8-44-3)33-24(7-10-46-33)31(38-32)19-5-6-23-20(11-19)15-37-34(23)43/h4-7,10-14,18H,1,8-9,15-17H2,2-3H3,(H,37,43)/t18-/m0/s1. The lowest BCUT2D eigenvalue weighted by Crippen LogP contribution is -2.39. The van der Waals surface area contributed by atoms with Gasteiger partial charge in [0.05, 0.1) is 36.1 Å². The van der Waals surface area contributed by atoms with Crippen LogP contribution in [0.25, 0.3) is 43.9 Å². The SMILES string of the molecule is C=CC(=O)N1Cc2cc(-c3nc(-c4ccc5c(c4)CNC5=O)c4ccsc4c3-c3c(F)cc(F)cc3OCCOC)nn2[C@@H](C)C1. The molecule has 0 bridgehead atoms. The third kappa shape index (κ3) is 5.03. The van der Waals surface area contributed by atoms with Crippen molar-refractivity contribution in [3.8, 4) is 39.5 Å². The molecule has 0 radical (unpaired) electrons. The zero-order chi connectivity index (χ0) is 32.1. The second-order valence-electron chi connectivity index (χ2n) is 11.2. The second-order valence-corrected chi connectivity index (χ2v) is 12.2. The van der Waals surface area contributed by atoms with Gasteiger partial charge in [0, 0.05) is 59.1 Å². The predicted octanol–water partition coefficient (Wildman–Crippen LogP) is 6.13. The number of carbonyl (C=O) groups is 2. The van der Waals surface area contributed by atoms with Crippen LogP contribution < -0.4 is 10.1 Å². The number of fused-ring (bicyclic) bond motifs is 3. The van der Waals surface area contributed by atoms with Crippen LogP contribution in [0.5, 0.6) is 5.75 Å². The molecule has 0 fully saturated rings. The predicted molar refractivity (Wildman–Crippen MR) is 170 cm³/mol. The normalized spacial score (nSPS) is 15.5. The molecule has 0 saturated carbocycles. The van der Waals surface area contributed by atoms with Crippen LogP contribution in [0, 0.1) is 11.6 Å². The van der Waals surface area contributed by atoms with Crippen molar-refractivity contribution >= 4 is 33.2 Å². The molecule has 5 heterocycles. The van der Waals surface area contributed by atoms with E-state index in [0.29, 0.717) is 52.5 Å². The first-order valence-corrected chi connectivity index (χ1v) is 15.6. The number of ether oxygens (including phenoxy) is 2. The van der Waals surface area contributed by atoms with Crippen molar-refractivity contribution in [2.75, 3.05) is 26.9 Å². The molecule has 0 spiro atoms. The van der Waals surface area contributed by atoms with Gasteiger partial charge in [0.2, 0.25) is 5.91 Å². The Balaban J connectivity index is 1.49. The molecule has 2 aliphatic rings. The first-order chi connectivity index (χ1) is 22.3. The average Bonchev–Trinajstić information content (AvgIpc) is 3.79. The average molecular weight is 642 g/mol. The van der Waals surface area contributed by atoms with Gasteiger partial charge in [-0.05, 0) is 48.2 Å². The van der Waals surface area contributed by atoms with Gasteiger partial charge in [0.25, 0.3) is 5.91 Å². The summed E-state index contributed by atoms with van der Waals surface area (Å²) in [6.07, 6.45) is 1.29. The number of hydrogen-bond donors (Lipinski definition) is 1. The molecule has 0 saturated heterocycles. The molecule has 0 aliphatic carbocycles. The molecular weight excluding hydrogens is 612 g/mol. The monoisotopic (exact) mass is 641 g/mol. The Hall–Kier alpha value is -4.94. The fraction of sp³-hybridized carbons (Fsp3) is 0.235. The number of aromatic nitrogens is 3. The van der Waals surface area contributed by atoms with Crippen LogP contribution in [0.1, 0.15) is 34.6 Å². The first kappa shape index (κ1) is 29.8. The summed E-state index contributed by atoms with van der Waals surface area (Å²) in [4.78, 5) is 31.6. The van der Waals surface area contributed by atoms with E-state index in [-0.39, 0.29) is 42.4 Å². The summed E-state index contributed by atoms with van der Waals surface area (Å²) < 4.78 is 44.2. The fourth-order valence-electron chi connectivity index (χ4n) is 6.18. The maximum Gasteiger partial charge on any atom is 0.251 e. The van der Waals surface area contributed by atoms with E-state index in [1.807, 2.05) is 41.3 Å². The molecule has 1 N–H and O–H groups in total. The van der Waals surface area contributed by atoms with Gasteiger partial charge in [0.15, 0.2) is 0 Å². The Morgan fingerprint density at radius 1 is 1.15 bits per heavy atom. The van der Waals surface area contributed by atoms with Gasteiger partial charge in [-0.2, -0.15) is 5.10 Å². The van der Waals surface area contributed by atoms with Gasteiger partial charge in [-0.1, -0.05) is 12.6 Å². The maximum absolute atomic E-state index is 16.0. The largest absolute Gasteiger partial charge is 0.490 e. The van der Waals surface area contributed by atoms with Crippen LogP contribution in [-0.4, -0.2) is 58.3 Å². The number of pyridine rings is 1. The first-order valence-electron chi connectivity index (χ1n) is 14.7. The van der Waals surface area contributed by atoms with Gasteiger partial charge in [0.1, 0.15) is 35.4 Å². The molecule has 234 valence electrons. The van der Waals surface area contributed by atoms with E-state index in [0.717, 1.165) is 34.3 Å². The molecule has 5 aromatic rings. The number of hydrogen-bond acceptors (Lipinski definition) is 7. The van der Waals surface area contributed by atoms with Gasteiger partial charge in [-0.15, -0.1) is 11.3 Å². The number of nitrogens with one attached hydrogen (secondary N) is 1. The minimum Gasteiger partial charge on any atom is -0.490 e. The minimum atomic E-state index is -0.805. The van der Waals surface area contributed by atoms with Crippen LogP contribution in [0.3, 0.4) is 0 Å². The summed E-state index contributed by atoms with van der Waals surface area (Å²) >= 11 is 1.40. The lowest BCUT2D eigenvalue weighted by molar-refractivity contribution is -0.127. The maximum atomic E-state index is 16.0. The van der Waals surface area contributed by atoms with Crippen LogP contribution >= 0.6 is 11.3 Å². The van der Waals surface area contributed by atoms with Crippen molar-refractivity contribution in [1.82, 2.24) is 25.0 Å². The summed E-state index contributed by atoms with van der Waals surface area (Å²) in [6.45, 7) is 7.05. The second kappa shape index (κ2) is 11.8. The van der Waals surface area contributed by atoms with Crippen LogP contribution in [-0.2, 0) is 22.6 Å². The van der Waals surface area contributed by atoms with E-state index < -0.39 is 11.6 Å². The minimum absolute atomic E-state index is 0.0160. The number of amides is 2. The molecule has 9 nitrogen and oxygen atoms in total. The number of halogens is 2. The summed E-state index contributed by atoms with van der Waals surface area (Å²) in [5, 5.41) is 10.4. The molecule has 2 aliphatic heterocycles. The molecule has 7 rings (SSSR count). The highest BCUT2D eigenvalue weighted by atomic mass is 32.1. The van der Waals surface area contributed by atoms with E-state index >= 15 is 4.39 Å². The molecule has 46 heavy (non-hydrogen) atoms. The number of thiophene rings is 1. The Morgan fingerprint density at radius 2 is 2.00 bits per heavy atom. The lowest BCUT2D eigenvalue weighted by Gasteiger charge is -2.31.